The number of aliphatic carboxylic acids is 1. The largest absolute Gasteiger partial charge is 0.480 e. The Kier molecular flexibility index (Phi) is 11.8. The molecular weight excluding hydrogens is 540 g/mol. The van der Waals surface area contributed by atoms with Crippen molar-refractivity contribution in [2.45, 2.75) is 81.9 Å². The van der Waals surface area contributed by atoms with E-state index < -0.39 is 12.0 Å². The average Bonchev–Trinajstić information content (AvgIpc) is 3.36. The number of rotatable bonds is 13. The molecule has 40 heavy (non-hydrogen) atoms. The molecule has 0 spiro atoms. The van der Waals surface area contributed by atoms with Crippen molar-refractivity contribution in [3.8, 4) is 11.1 Å². The number of hydrogen-bond donors (Lipinski definition) is 2. The van der Waals surface area contributed by atoms with Gasteiger partial charge in [-0.05, 0) is 85.3 Å². The molecule has 0 aromatic heterocycles. The quantitative estimate of drug-likeness (QED) is 0.288. The first-order chi connectivity index (χ1) is 19.4. The number of likely N-dealkylation sites (tertiary alicyclic amines) is 1. The third kappa shape index (κ3) is 8.28. The van der Waals surface area contributed by atoms with E-state index in [1.54, 1.807) is 11.8 Å². The Morgan fingerprint density at radius 1 is 1.10 bits per heavy atom. The number of carbonyl (C=O) groups excluding carboxylic acids is 1. The van der Waals surface area contributed by atoms with Gasteiger partial charge in [-0.3, -0.25) is 9.69 Å². The average molecular weight is 585 g/mol. The van der Waals surface area contributed by atoms with Gasteiger partial charge in [-0.15, -0.1) is 0 Å². The summed E-state index contributed by atoms with van der Waals surface area (Å²) in [6.07, 6.45) is 12.3. The first kappa shape index (κ1) is 30.9. The first-order valence-electron chi connectivity index (χ1n) is 14.5. The summed E-state index contributed by atoms with van der Waals surface area (Å²) in [7, 11) is 0. The molecule has 1 saturated carbocycles. The highest BCUT2D eigenvalue weighted by atomic mass is 32.2. The Hall–Kier alpha value is -2.00. The lowest BCUT2D eigenvalue weighted by molar-refractivity contribution is -0.139. The van der Waals surface area contributed by atoms with Crippen molar-refractivity contribution in [2.24, 2.45) is 0 Å². The second kappa shape index (κ2) is 15.3. The number of carboxylic acids is 1. The van der Waals surface area contributed by atoms with Crippen molar-refractivity contribution in [1.82, 2.24) is 10.2 Å². The van der Waals surface area contributed by atoms with E-state index in [0.717, 1.165) is 48.4 Å². The van der Waals surface area contributed by atoms with Gasteiger partial charge < -0.3 is 15.2 Å². The maximum Gasteiger partial charge on any atom is 0.326 e. The Labute approximate surface area is 248 Å². The van der Waals surface area contributed by atoms with Crippen LogP contribution in [0.3, 0.4) is 0 Å². The van der Waals surface area contributed by atoms with Crippen LogP contribution in [0.25, 0.3) is 11.1 Å². The SMILES string of the molecule is CSCC[C@H](NC(=O)c1ccc(CN2C[C@H](SC)CC2COC2CCCCC2)cc1-c1ccccc1C)C(=O)O. The van der Waals surface area contributed by atoms with E-state index in [1.165, 1.54) is 32.1 Å². The van der Waals surface area contributed by atoms with Crippen molar-refractivity contribution < 1.29 is 19.4 Å². The second-order valence-electron chi connectivity index (χ2n) is 11.1. The highest BCUT2D eigenvalue weighted by molar-refractivity contribution is 7.99. The lowest BCUT2D eigenvalue weighted by Crippen LogP contribution is -2.41. The molecule has 6 nitrogen and oxygen atoms in total. The summed E-state index contributed by atoms with van der Waals surface area (Å²) in [6.45, 7) is 4.64. The normalized spacial score (nSPS) is 20.9. The Morgan fingerprint density at radius 3 is 2.58 bits per heavy atom. The van der Waals surface area contributed by atoms with E-state index in [1.807, 2.05) is 61.3 Å². The summed E-state index contributed by atoms with van der Waals surface area (Å²) in [5.41, 5.74) is 4.57. The lowest BCUT2D eigenvalue weighted by atomic mass is 9.93. The number of benzene rings is 2. The van der Waals surface area contributed by atoms with Crippen molar-refractivity contribution in [3.05, 3.63) is 59.2 Å². The van der Waals surface area contributed by atoms with Crippen molar-refractivity contribution >= 4 is 35.4 Å². The topological polar surface area (TPSA) is 78.9 Å². The lowest BCUT2D eigenvalue weighted by Gasteiger charge is -2.28. The van der Waals surface area contributed by atoms with Crippen LogP contribution >= 0.6 is 23.5 Å². The van der Waals surface area contributed by atoms with Crippen LogP contribution in [0.2, 0.25) is 0 Å². The number of carboxylic acid groups (broad SMARTS) is 1. The number of carbonyl (C=O) groups is 2. The van der Waals surface area contributed by atoms with E-state index in [-0.39, 0.29) is 5.91 Å². The monoisotopic (exact) mass is 584 g/mol. The smallest absolute Gasteiger partial charge is 0.326 e. The van der Waals surface area contributed by atoms with Gasteiger partial charge in [-0.1, -0.05) is 49.6 Å². The molecule has 4 rings (SSSR count). The molecule has 2 aromatic carbocycles. The van der Waals surface area contributed by atoms with Gasteiger partial charge >= 0.3 is 5.97 Å². The molecule has 2 aliphatic rings. The van der Waals surface area contributed by atoms with Crippen molar-refractivity contribution in [3.63, 3.8) is 0 Å². The molecule has 1 saturated heterocycles. The summed E-state index contributed by atoms with van der Waals surface area (Å²) in [6, 6.07) is 13.6. The molecule has 0 bridgehead atoms. The molecule has 2 N–H and O–H groups in total. The molecule has 1 aliphatic heterocycles. The zero-order chi connectivity index (χ0) is 28.5. The summed E-state index contributed by atoms with van der Waals surface area (Å²) in [4.78, 5) is 27.8. The second-order valence-corrected chi connectivity index (χ2v) is 13.2. The van der Waals surface area contributed by atoms with E-state index in [9.17, 15) is 14.7 Å². The summed E-state index contributed by atoms with van der Waals surface area (Å²) < 4.78 is 6.42. The minimum absolute atomic E-state index is 0.347. The molecular formula is C32H44N2O4S2. The van der Waals surface area contributed by atoms with E-state index in [2.05, 4.69) is 22.5 Å². The van der Waals surface area contributed by atoms with Gasteiger partial charge in [0.2, 0.25) is 0 Å². The van der Waals surface area contributed by atoms with Gasteiger partial charge in [0.05, 0.1) is 12.7 Å². The van der Waals surface area contributed by atoms with Crippen LogP contribution in [0.5, 0.6) is 0 Å². The van der Waals surface area contributed by atoms with Gasteiger partial charge in [0.25, 0.3) is 5.91 Å². The fourth-order valence-corrected chi connectivity index (χ4v) is 7.13. The molecule has 1 aliphatic carbocycles. The molecule has 8 heteroatoms. The summed E-state index contributed by atoms with van der Waals surface area (Å²) in [5, 5.41) is 13.1. The van der Waals surface area contributed by atoms with Gasteiger partial charge in [0.1, 0.15) is 6.04 Å². The van der Waals surface area contributed by atoms with Crippen LogP contribution in [0.1, 0.15) is 66.4 Å². The fraction of sp³-hybridized carbons (Fsp3) is 0.562. The predicted octanol–water partition coefficient (Wildman–Crippen LogP) is 6.25. The standard InChI is InChI=1S/C32H44N2O4S2/c1-22-9-7-8-12-27(22)29-17-23(13-14-28(29)31(35)33-30(32(36)37)15-16-39-2)19-34-20-26(40-3)18-24(34)21-38-25-10-5-4-6-11-25/h7-9,12-14,17,24-26,30H,4-6,10-11,15-16,18-21H2,1-3H3,(H,33,35)(H,36,37)/t24?,26-,30+/m1/s1. The minimum Gasteiger partial charge on any atom is -0.480 e. The fourth-order valence-electron chi connectivity index (χ4n) is 5.90. The zero-order valence-electron chi connectivity index (χ0n) is 24.1. The maximum absolute atomic E-state index is 13.4. The zero-order valence-corrected chi connectivity index (χ0v) is 25.7. The molecule has 3 atom stereocenters. The van der Waals surface area contributed by atoms with Crippen LogP contribution in [0.15, 0.2) is 42.5 Å². The molecule has 1 amide bonds. The van der Waals surface area contributed by atoms with E-state index >= 15 is 0 Å². The van der Waals surface area contributed by atoms with Crippen molar-refractivity contribution in [2.75, 3.05) is 31.4 Å². The van der Waals surface area contributed by atoms with Crippen LogP contribution < -0.4 is 5.32 Å². The molecule has 218 valence electrons. The maximum atomic E-state index is 13.4. The number of amides is 1. The first-order valence-corrected chi connectivity index (χ1v) is 17.2. The van der Waals surface area contributed by atoms with Gasteiger partial charge in [0, 0.05) is 29.9 Å². The van der Waals surface area contributed by atoms with Gasteiger partial charge in [-0.2, -0.15) is 23.5 Å². The molecule has 0 radical (unpaired) electrons. The number of nitrogens with zero attached hydrogens (tertiary/aromatic N) is 1. The van der Waals surface area contributed by atoms with Crippen LogP contribution in [0, 0.1) is 6.92 Å². The van der Waals surface area contributed by atoms with E-state index in [4.69, 9.17) is 4.74 Å². The molecule has 1 unspecified atom stereocenters. The summed E-state index contributed by atoms with van der Waals surface area (Å²) >= 11 is 3.51. The number of ether oxygens (including phenoxy) is 1. The number of aryl methyl sites for hydroxylation is 1. The minimum atomic E-state index is -1.00. The van der Waals surface area contributed by atoms with Gasteiger partial charge in [0.15, 0.2) is 0 Å². The predicted molar refractivity (Wildman–Crippen MR) is 167 cm³/mol. The van der Waals surface area contributed by atoms with Crippen LogP contribution in [-0.4, -0.2) is 76.7 Å². The molecule has 2 aromatic rings. The number of hydrogen-bond acceptors (Lipinski definition) is 6. The Morgan fingerprint density at radius 2 is 1.88 bits per heavy atom. The molecule has 1 heterocycles. The van der Waals surface area contributed by atoms with Crippen LogP contribution in [0.4, 0.5) is 0 Å². The van der Waals surface area contributed by atoms with E-state index in [0.29, 0.717) is 35.1 Å². The third-order valence-corrected chi connectivity index (χ3v) is 9.92. The Balaban J connectivity index is 1.56. The van der Waals surface area contributed by atoms with Crippen LogP contribution in [-0.2, 0) is 16.1 Å². The number of thioether (sulfide) groups is 2. The molecule has 2 fully saturated rings. The number of nitrogens with one attached hydrogen (secondary N) is 1. The highest BCUT2D eigenvalue weighted by Gasteiger charge is 2.33. The summed E-state index contributed by atoms with van der Waals surface area (Å²) in [5.74, 6) is -0.685. The Bertz CT molecular complexity index is 1140. The van der Waals surface area contributed by atoms with Crippen molar-refractivity contribution in [1.29, 1.82) is 0 Å². The third-order valence-electron chi connectivity index (χ3n) is 8.26. The van der Waals surface area contributed by atoms with Gasteiger partial charge in [-0.25, -0.2) is 4.79 Å². The highest BCUT2D eigenvalue weighted by Crippen LogP contribution is 2.32.